The van der Waals surface area contributed by atoms with Crippen molar-refractivity contribution in [3.05, 3.63) is 29.8 Å². The molecule has 2 N–H and O–H groups in total. The fourth-order valence-electron chi connectivity index (χ4n) is 3.36. The van der Waals surface area contributed by atoms with Gasteiger partial charge >= 0.3 is 6.03 Å². The Labute approximate surface area is 146 Å². The number of carbonyl (C=O) groups excluding carboxylic acids is 3. The number of hydrazine groups is 1. The SMILES string of the molecule is Cc1cccc(O[C@H](C)C(=O)NN2C(=O)NC3(CCCCC3)C2=O)c1. The molecular formula is C18H23N3O4. The van der Waals surface area contributed by atoms with E-state index in [2.05, 4.69) is 10.7 Å². The van der Waals surface area contributed by atoms with Crippen LogP contribution in [0.4, 0.5) is 4.79 Å². The molecule has 25 heavy (non-hydrogen) atoms. The van der Waals surface area contributed by atoms with Crippen molar-refractivity contribution in [3.63, 3.8) is 0 Å². The first-order chi connectivity index (χ1) is 11.9. The van der Waals surface area contributed by atoms with Crippen LogP contribution >= 0.6 is 0 Å². The molecular weight excluding hydrogens is 322 g/mol. The fourth-order valence-corrected chi connectivity index (χ4v) is 3.36. The zero-order chi connectivity index (χ0) is 18.0. The van der Waals surface area contributed by atoms with Crippen molar-refractivity contribution in [2.24, 2.45) is 0 Å². The van der Waals surface area contributed by atoms with Crippen LogP contribution in [0.15, 0.2) is 24.3 Å². The molecule has 2 aliphatic rings. The van der Waals surface area contributed by atoms with Crippen molar-refractivity contribution < 1.29 is 19.1 Å². The lowest BCUT2D eigenvalue weighted by Gasteiger charge is -2.30. The van der Waals surface area contributed by atoms with Crippen molar-refractivity contribution >= 4 is 17.8 Å². The average molecular weight is 345 g/mol. The minimum Gasteiger partial charge on any atom is -0.481 e. The Hall–Kier alpha value is -2.57. The molecule has 1 heterocycles. The lowest BCUT2D eigenvalue weighted by molar-refractivity contribution is -0.142. The zero-order valence-electron chi connectivity index (χ0n) is 14.5. The van der Waals surface area contributed by atoms with Crippen molar-refractivity contribution in [3.8, 4) is 5.75 Å². The minimum absolute atomic E-state index is 0.381. The van der Waals surface area contributed by atoms with Crippen LogP contribution < -0.4 is 15.5 Å². The highest BCUT2D eigenvalue weighted by Crippen LogP contribution is 2.33. The van der Waals surface area contributed by atoms with Gasteiger partial charge in [-0.15, -0.1) is 0 Å². The highest BCUT2D eigenvalue weighted by molar-refractivity contribution is 6.08. The van der Waals surface area contributed by atoms with Crippen LogP contribution in [0.3, 0.4) is 0 Å². The predicted molar refractivity (Wildman–Crippen MR) is 90.6 cm³/mol. The minimum atomic E-state index is -0.858. The molecule has 1 saturated carbocycles. The van der Waals surface area contributed by atoms with Crippen LogP contribution in [0.2, 0.25) is 0 Å². The van der Waals surface area contributed by atoms with E-state index in [1.54, 1.807) is 13.0 Å². The van der Waals surface area contributed by atoms with Crippen LogP contribution in [0.1, 0.15) is 44.6 Å². The number of aryl methyl sites for hydroxylation is 1. The number of amides is 4. The van der Waals surface area contributed by atoms with Gasteiger partial charge in [-0.1, -0.05) is 31.4 Å². The van der Waals surface area contributed by atoms with E-state index in [9.17, 15) is 14.4 Å². The van der Waals surface area contributed by atoms with Crippen LogP contribution in [0, 0.1) is 6.92 Å². The maximum Gasteiger partial charge on any atom is 0.344 e. The van der Waals surface area contributed by atoms with Crippen molar-refractivity contribution in [2.45, 2.75) is 57.6 Å². The van der Waals surface area contributed by atoms with E-state index in [0.717, 1.165) is 29.8 Å². The predicted octanol–water partition coefficient (Wildman–Crippen LogP) is 2.05. The van der Waals surface area contributed by atoms with Crippen LogP contribution in [0.25, 0.3) is 0 Å². The summed E-state index contributed by atoms with van der Waals surface area (Å²) in [6, 6.07) is 6.74. The van der Waals surface area contributed by atoms with Gasteiger partial charge in [0.25, 0.3) is 11.8 Å². The number of urea groups is 1. The summed E-state index contributed by atoms with van der Waals surface area (Å²) < 4.78 is 5.59. The molecule has 0 bridgehead atoms. The van der Waals surface area contributed by atoms with E-state index in [0.29, 0.717) is 18.6 Å². The molecule has 7 nitrogen and oxygen atoms in total. The van der Waals surface area contributed by atoms with E-state index in [-0.39, 0.29) is 5.91 Å². The number of nitrogens with one attached hydrogen (secondary N) is 2. The van der Waals surface area contributed by atoms with Crippen molar-refractivity contribution in [1.29, 1.82) is 0 Å². The summed E-state index contributed by atoms with van der Waals surface area (Å²) in [7, 11) is 0. The summed E-state index contributed by atoms with van der Waals surface area (Å²) in [4.78, 5) is 37.1. The Morgan fingerprint density at radius 1 is 1.28 bits per heavy atom. The standard InChI is InChI=1S/C18H23N3O4/c1-12-7-6-8-14(11-12)25-13(2)15(22)20-21-16(23)18(19-17(21)24)9-4-3-5-10-18/h6-8,11,13H,3-5,9-10H2,1-2H3,(H,19,24)(H,20,22)/t13-/m1/s1. The Kier molecular flexibility index (Phi) is 4.65. The molecule has 1 atom stereocenters. The molecule has 0 aromatic heterocycles. The molecule has 134 valence electrons. The molecule has 3 rings (SSSR count). The Balaban J connectivity index is 1.64. The van der Waals surface area contributed by atoms with Gasteiger partial charge in [0.05, 0.1) is 0 Å². The number of imide groups is 1. The number of hydrogen-bond donors (Lipinski definition) is 2. The summed E-state index contributed by atoms with van der Waals surface area (Å²) in [5, 5.41) is 3.55. The van der Waals surface area contributed by atoms with Crippen LogP contribution in [0.5, 0.6) is 5.75 Å². The Morgan fingerprint density at radius 3 is 2.68 bits per heavy atom. The first-order valence-electron chi connectivity index (χ1n) is 8.62. The number of benzene rings is 1. The van der Waals surface area contributed by atoms with Gasteiger partial charge in [-0.2, -0.15) is 5.01 Å². The maximum absolute atomic E-state index is 12.6. The van der Waals surface area contributed by atoms with Gasteiger partial charge in [0.1, 0.15) is 11.3 Å². The number of ether oxygens (including phenoxy) is 1. The van der Waals surface area contributed by atoms with E-state index in [1.165, 1.54) is 0 Å². The van der Waals surface area contributed by atoms with Crippen LogP contribution in [-0.2, 0) is 9.59 Å². The van der Waals surface area contributed by atoms with Gasteiger partial charge in [0.2, 0.25) is 0 Å². The smallest absolute Gasteiger partial charge is 0.344 e. The molecule has 2 fully saturated rings. The second kappa shape index (κ2) is 6.74. The maximum atomic E-state index is 12.6. The lowest BCUT2D eigenvalue weighted by Crippen LogP contribution is -2.53. The number of carbonyl (C=O) groups is 3. The third-order valence-electron chi connectivity index (χ3n) is 4.76. The highest BCUT2D eigenvalue weighted by atomic mass is 16.5. The van der Waals surface area contributed by atoms with Gasteiger partial charge in [-0.05, 0) is 44.4 Å². The monoisotopic (exact) mass is 345 g/mol. The summed E-state index contributed by atoms with van der Waals surface area (Å²) in [5.41, 5.74) is 2.55. The zero-order valence-corrected chi connectivity index (χ0v) is 14.5. The van der Waals surface area contributed by atoms with Gasteiger partial charge in [0, 0.05) is 0 Å². The summed E-state index contributed by atoms with van der Waals surface area (Å²) in [6.07, 6.45) is 3.21. The second-order valence-electron chi connectivity index (χ2n) is 6.77. The number of hydrogen-bond acceptors (Lipinski definition) is 4. The number of nitrogens with zero attached hydrogens (tertiary/aromatic N) is 1. The first-order valence-corrected chi connectivity index (χ1v) is 8.62. The van der Waals surface area contributed by atoms with Crippen LogP contribution in [-0.4, -0.2) is 34.5 Å². The largest absolute Gasteiger partial charge is 0.481 e. The van der Waals surface area contributed by atoms with Gasteiger partial charge in [0.15, 0.2) is 6.10 Å². The summed E-state index contributed by atoms with van der Waals surface area (Å²) in [5.74, 6) is -0.366. The van der Waals surface area contributed by atoms with Gasteiger partial charge < -0.3 is 10.1 Å². The van der Waals surface area contributed by atoms with E-state index < -0.39 is 23.6 Å². The first kappa shape index (κ1) is 17.3. The topological polar surface area (TPSA) is 87.7 Å². The molecule has 1 aliphatic heterocycles. The van der Waals surface area contributed by atoms with Gasteiger partial charge in [-0.25, -0.2) is 4.79 Å². The second-order valence-corrected chi connectivity index (χ2v) is 6.77. The molecule has 4 amide bonds. The molecule has 1 aromatic rings. The van der Waals surface area contributed by atoms with E-state index in [4.69, 9.17) is 4.74 Å². The fraction of sp³-hybridized carbons (Fsp3) is 0.500. The molecule has 7 heteroatoms. The van der Waals surface area contributed by atoms with E-state index in [1.807, 2.05) is 25.1 Å². The third-order valence-corrected chi connectivity index (χ3v) is 4.76. The normalized spacial score (nSPS) is 20.3. The highest BCUT2D eigenvalue weighted by Gasteiger charge is 2.52. The van der Waals surface area contributed by atoms with Crippen molar-refractivity contribution in [2.75, 3.05) is 0 Å². The third kappa shape index (κ3) is 3.45. The Bertz CT molecular complexity index is 697. The lowest BCUT2D eigenvalue weighted by atomic mass is 9.82. The number of rotatable bonds is 4. The molecule has 0 radical (unpaired) electrons. The molecule has 1 spiro atoms. The van der Waals surface area contributed by atoms with Crippen molar-refractivity contribution in [1.82, 2.24) is 15.8 Å². The van der Waals surface area contributed by atoms with Gasteiger partial charge in [-0.3, -0.25) is 15.0 Å². The Morgan fingerprint density at radius 2 is 2.00 bits per heavy atom. The molecule has 1 saturated heterocycles. The quantitative estimate of drug-likeness (QED) is 0.818. The molecule has 0 unspecified atom stereocenters. The molecule has 1 aliphatic carbocycles. The summed E-state index contributed by atoms with van der Waals surface area (Å²) in [6.45, 7) is 3.50. The average Bonchev–Trinajstić information content (AvgIpc) is 2.79. The van der Waals surface area contributed by atoms with E-state index >= 15 is 0 Å². The summed E-state index contributed by atoms with van der Waals surface area (Å²) >= 11 is 0. The molecule has 1 aromatic carbocycles.